The van der Waals surface area contributed by atoms with E-state index < -0.39 is 12.0 Å². The van der Waals surface area contributed by atoms with Crippen molar-refractivity contribution < 1.29 is 19.2 Å². The van der Waals surface area contributed by atoms with Gasteiger partial charge in [-0.2, -0.15) is 0 Å². The van der Waals surface area contributed by atoms with Gasteiger partial charge < -0.3 is 14.5 Å². The van der Waals surface area contributed by atoms with Crippen LogP contribution in [-0.2, 0) is 4.79 Å². The normalized spacial score (nSPS) is 17.7. The van der Waals surface area contributed by atoms with Gasteiger partial charge in [-0.25, -0.2) is 4.79 Å². The smallest absolute Gasteiger partial charge is 0.326 e. The second-order valence-electron chi connectivity index (χ2n) is 5.91. The zero-order valence-electron chi connectivity index (χ0n) is 13.4. The van der Waals surface area contributed by atoms with E-state index in [0.29, 0.717) is 36.5 Å². The highest BCUT2D eigenvalue weighted by molar-refractivity contribution is 5.98. The van der Waals surface area contributed by atoms with Gasteiger partial charge >= 0.3 is 5.97 Å². The van der Waals surface area contributed by atoms with Gasteiger partial charge in [-0.1, -0.05) is 5.16 Å². The summed E-state index contributed by atoms with van der Waals surface area (Å²) in [6.45, 7) is 5.99. The van der Waals surface area contributed by atoms with Crippen LogP contribution in [0.3, 0.4) is 0 Å². The molecule has 0 saturated carbocycles. The number of rotatable bonds is 3. The number of hydrogen-bond donors (Lipinski definition) is 1. The molecular weight excluding hydrogens is 298 g/mol. The quantitative estimate of drug-likeness (QED) is 0.936. The Morgan fingerprint density at radius 3 is 2.65 bits per heavy atom. The fraction of sp³-hybridized carbons (Fsp3) is 0.438. The number of aliphatic carboxylic acids is 1. The molecule has 2 aromatic heterocycles. The molecule has 7 nitrogen and oxygen atoms in total. The molecule has 1 aliphatic heterocycles. The summed E-state index contributed by atoms with van der Waals surface area (Å²) in [4.78, 5) is 25.5. The average molecular weight is 317 g/mol. The van der Waals surface area contributed by atoms with Gasteiger partial charge in [0.2, 0.25) is 0 Å². The Balaban J connectivity index is 1.98. The van der Waals surface area contributed by atoms with Crippen molar-refractivity contribution in [3.8, 4) is 5.82 Å². The summed E-state index contributed by atoms with van der Waals surface area (Å²) < 4.78 is 6.95. The van der Waals surface area contributed by atoms with E-state index in [-0.39, 0.29) is 5.91 Å². The lowest BCUT2D eigenvalue weighted by atomic mass is 10.2. The number of nitrogens with zero attached hydrogens (tertiary/aromatic N) is 3. The Morgan fingerprint density at radius 2 is 2.04 bits per heavy atom. The van der Waals surface area contributed by atoms with Crippen molar-refractivity contribution in [2.24, 2.45) is 0 Å². The summed E-state index contributed by atoms with van der Waals surface area (Å²) in [6.07, 6.45) is 1.21. The third-order valence-corrected chi connectivity index (χ3v) is 4.30. The lowest BCUT2D eigenvalue weighted by Crippen LogP contribution is -2.40. The van der Waals surface area contributed by atoms with Gasteiger partial charge in [0.05, 0.1) is 5.56 Å². The molecule has 23 heavy (non-hydrogen) atoms. The molecule has 3 heterocycles. The predicted molar refractivity (Wildman–Crippen MR) is 81.7 cm³/mol. The first-order valence-corrected chi connectivity index (χ1v) is 7.56. The topological polar surface area (TPSA) is 88.6 Å². The number of hydrogen-bond acceptors (Lipinski definition) is 4. The van der Waals surface area contributed by atoms with Crippen molar-refractivity contribution in [2.45, 2.75) is 39.7 Å². The van der Waals surface area contributed by atoms with Gasteiger partial charge in [-0.05, 0) is 39.7 Å². The number of carbonyl (C=O) groups is 2. The number of aromatic nitrogens is 2. The van der Waals surface area contributed by atoms with E-state index in [1.807, 2.05) is 18.4 Å². The monoisotopic (exact) mass is 317 g/mol. The second-order valence-corrected chi connectivity index (χ2v) is 5.91. The molecule has 2 aromatic rings. The standard InChI is InChI=1S/C16H19N3O4/c1-9-7-12(11(3)19(9)14-8-10(2)23-17-14)15(20)18-6-4-5-13(18)16(21)22/h7-8,13H,4-6H2,1-3H3,(H,21,22)/t13-/m1/s1. The fourth-order valence-corrected chi connectivity index (χ4v) is 3.21. The van der Waals surface area contributed by atoms with Crippen LogP contribution in [0.2, 0.25) is 0 Å². The van der Waals surface area contributed by atoms with E-state index in [4.69, 9.17) is 4.52 Å². The number of amides is 1. The maximum absolute atomic E-state index is 12.8. The molecule has 0 radical (unpaired) electrons. The average Bonchev–Trinajstić information content (AvgIpc) is 3.18. The predicted octanol–water partition coefficient (Wildman–Crippen LogP) is 2.08. The highest BCUT2D eigenvalue weighted by atomic mass is 16.5. The highest BCUT2D eigenvalue weighted by Gasteiger charge is 2.35. The zero-order chi connectivity index (χ0) is 16.7. The van der Waals surface area contributed by atoms with Crippen molar-refractivity contribution in [2.75, 3.05) is 6.54 Å². The fourth-order valence-electron chi connectivity index (χ4n) is 3.21. The van der Waals surface area contributed by atoms with Crippen LogP contribution in [0.25, 0.3) is 5.82 Å². The summed E-state index contributed by atoms with van der Waals surface area (Å²) >= 11 is 0. The van der Waals surface area contributed by atoms with E-state index in [0.717, 1.165) is 11.4 Å². The zero-order valence-corrected chi connectivity index (χ0v) is 13.4. The molecular formula is C16H19N3O4. The van der Waals surface area contributed by atoms with Crippen LogP contribution < -0.4 is 0 Å². The van der Waals surface area contributed by atoms with Crippen molar-refractivity contribution >= 4 is 11.9 Å². The summed E-state index contributed by atoms with van der Waals surface area (Å²) in [5.41, 5.74) is 2.10. The largest absolute Gasteiger partial charge is 0.480 e. The van der Waals surface area contributed by atoms with Crippen LogP contribution in [-0.4, -0.2) is 44.2 Å². The molecule has 0 spiro atoms. The van der Waals surface area contributed by atoms with Gasteiger partial charge in [0, 0.05) is 24.0 Å². The summed E-state index contributed by atoms with van der Waals surface area (Å²) in [5, 5.41) is 13.3. The van der Waals surface area contributed by atoms with Crippen LogP contribution in [0.5, 0.6) is 0 Å². The summed E-state index contributed by atoms with van der Waals surface area (Å²) in [6, 6.07) is 2.84. The van der Waals surface area contributed by atoms with Crippen LogP contribution in [0.1, 0.15) is 40.3 Å². The van der Waals surface area contributed by atoms with Gasteiger partial charge in [0.25, 0.3) is 5.91 Å². The van der Waals surface area contributed by atoms with E-state index in [1.165, 1.54) is 4.90 Å². The SMILES string of the molecule is Cc1cc(-n2c(C)cc(C(=O)N3CCC[C@@H]3C(=O)O)c2C)no1. The third kappa shape index (κ3) is 2.52. The first-order chi connectivity index (χ1) is 10.9. The Labute approximate surface area is 133 Å². The molecule has 122 valence electrons. The molecule has 1 fully saturated rings. The Hall–Kier alpha value is -2.57. The first kappa shape index (κ1) is 15.3. The van der Waals surface area contributed by atoms with Crippen molar-refractivity contribution in [3.63, 3.8) is 0 Å². The van der Waals surface area contributed by atoms with E-state index >= 15 is 0 Å². The van der Waals surface area contributed by atoms with Gasteiger partial charge in [-0.3, -0.25) is 9.36 Å². The molecule has 0 aromatic carbocycles. The molecule has 0 bridgehead atoms. The van der Waals surface area contributed by atoms with Crippen LogP contribution >= 0.6 is 0 Å². The van der Waals surface area contributed by atoms with Crippen LogP contribution in [0.4, 0.5) is 0 Å². The van der Waals surface area contributed by atoms with Gasteiger partial charge in [-0.15, -0.1) is 0 Å². The lowest BCUT2D eigenvalue weighted by molar-refractivity contribution is -0.141. The Morgan fingerprint density at radius 1 is 1.30 bits per heavy atom. The second kappa shape index (κ2) is 5.57. The van der Waals surface area contributed by atoms with Crippen LogP contribution in [0.15, 0.2) is 16.7 Å². The Kier molecular flexibility index (Phi) is 3.71. The lowest BCUT2D eigenvalue weighted by Gasteiger charge is -2.21. The number of aryl methyl sites for hydroxylation is 2. The number of carboxylic acid groups (broad SMARTS) is 1. The molecule has 1 saturated heterocycles. The maximum atomic E-state index is 12.8. The van der Waals surface area contributed by atoms with Crippen LogP contribution in [0, 0.1) is 20.8 Å². The number of carboxylic acids is 1. The van der Waals surface area contributed by atoms with E-state index in [2.05, 4.69) is 5.16 Å². The molecule has 1 N–H and O–H groups in total. The molecule has 0 aliphatic carbocycles. The molecule has 0 unspecified atom stereocenters. The minimum atomic E-state index is -0.947. The maximum Gasteiger partial charge on any atom is 0.326 e. The third-order valence-electron chi connectivity index (χ3n) is 4.30. The molecule has 1 aliphatic rings. The molecule has 1 amide bonds. The van der Waals surface area contributed by atoms with E-state index in [1.54, 1.807) is 19.1 Å². The van der Waals surface area contributed by atoms with Crippen molar-refractivity contribution in [1.29, 1.82) is 0 Å². The van der Waals surface area contributed by atoms with Crippen molar-refractivity contribution in [3.05, 3.63) is 34.8 Å². The van der Waals surface area contributed by atoms with Gasteiger partial charge in [0.15, 0.2) is 5.82 Å². The first-order valence-electron chi connectivity index (χ1n) is 7.56. The van der Waals surface area contributed by atoms with E-state index in [9.17, 15) is 14.7 Å². The Bertz CT molecular complexity index is 774. The molecule has 1 atom stereocenters. The molecule has 7 heteroatoms. The summed E-state index contributed by atoms with van der Waals surface area (Å²) in [5.74, 6) is 0.116. The van der Waals surface area contributed by atoms with Crippen molar-refractivity contribution in [1.82, 2.24) is 14.6 Å². The highest BCUT2D eigenvalue weighted by Crippen LogP contribution is 2.25. The number of carbonyl (C=O) groups excluding carboxylic acids is 1. The minimum Gasteiger partial charge on any atom is -0.480 e. The molecule has 3 rings (SSSR count). The van der Waals surface area contributed by atoms with Gasteiger partial charge in [0.1, 0.15) is 11.8 Å². The number of likely N-dealkylation sites (tertiary alicyclic amines) is 1. The minimum absolute atomic E-state index is 0.241. The summed E-state index contributed by atoms with van der Waals surface area (Å²) in [7, 11) is 0.